The maximum absolute atomic E-state index is 13.0. The van der Waals surface area contributed by atoms with E-state index in [9.17, 15) is 8.60 Å². The lowest BCUT2D eigenvalue weighted by Crippen LogP contribution is -1.99. The predicted octanol–water partition coefficient (Wildman–Crippen LogP) is 3.48. The highest BCUT2D eigenvalue weighted by Crippen LogP contribution is 2.26. The second kappa shape index (κ2) is 5.63. The first-order chi connectivity index (χ1) is 8.58. The first-order valence-electron chi connectivity index (χ1n) is 5.25. The smallest absolute Gasteiger partial charge is 0.124 e. The normalized spacial score (nSPS) is 12.3. The molecule has 1 unspecified atom stereocenters. The van der Waals surface area contributed by atoms with Crippen molar-refractivity contribution in [3.05, 3.63) is 58.3 Å². The highest BCUT2D eigenvalue weighted by molar-refractivity contribution is 9.10. The minimum absolute atomic E-state index is 0.301. The number of hydrogen-bond acceptors (Lipinski definition) is 2. The van der Waals surface area contributed by atoms with Gasteiger partial charge >= 0.3 is 0 Å². The first-order valence-corrected chi connectivity index (χ1v) is 7.36. The van der Waals surface area contributed by atoms with Crippen LogP contribution in [0.5, 0.6) is 0 Å². The van der Waals surface area contributed by atoms with Crippen LogP contribution >= 0.6 is 15.9 Å². The summed E-state index contributed by atoms with van der Waals surface area (Å²) < 4.78 is 25.9. The molecule has 0 bridgehead atoms. The maximum atomic E-state index is 13.0. The molecule has 0 amide bonds. The van der Waals surface area contributed by atoms with E-state index in [4.69, 9.17) is 5.73 Å². The Morgan fingerprint density at radius 3 is 2.67 bits per heavy atom. The van der Waals surface area contributed by atoms with Crippen LogP contribution in [0.3, 0.4) is 0 Å². The Kier molecular flexibility index (Phi) is 4.14. The molecule has 2 rings (SSSR count). The van der Waals surface area contributed by atoms with Gasteiger partial charge in [-0.25, -0.2) is 4.39 Å². The molecule has 0 aliphatic heterocycles. The number of rotatable bonds is 3. The van der Waals surface area contributed by atoms with Crippen LogP contribution in [0, 0.1) is 5.82 Å². The summed E-state index contributed by atoms with van der Waals surface area (Å²) in [5.41, 5.74) is 7.20. The number of hydrogen-bond donors (Lipinski definition) is 1. The van der Waals surface area contributed by atoms with Gasteiger partial charge in [0.25, 0.3) is 0 Å². The molecule has 2 aromatic carbocycles. The molecule has 5 heteroatoms. The molecule has 0 heterocycles. The van der Waals surface area contributed by atoms with E-state index in [1.165, 1.54) is 12.1 Å². The molecule has 94 valence electrons. The number of nitrogen functional groups attached to an aromatic ring is 1. The molecule has 0 spiro atoms. The van der Waals surface area contributed by atoms with Crippen LogP contribution in [0.25, 0.3) is 0 Å². The Labute approximate surface area is 116 Å². The summed E-state index contributed by atoms with van der Waals surface area (Å²) in [7, 11) is -1.29. The van der Waals surface area contributed by atoms with Crippen molar-refractivity contribution in [3.63, 3.8) is 0 Å². The van der Waals surface area contributed by atoms with Gasteiger partial charge in [-0.2, -0.15) is 0 Å². The van der Waals surface area contributed by atoms with Crippen molar-refractivity contribution in [2.75, 3.05) is 5.73 Å². The molecule has 0 aliphatic rings. The fourth-order valence-electron chi connectivity index (χ4n) is 1.54. The molecule has 2 N–H and O–H groups in total. The lowest BCUT2D eigenvalue weighted by Gasteiger charge is -2.07. The van der Waals surface area contributed by atoms with Crippen molar-refractivity contribution in [2.45, 2.75) is 10.6 Å². The monoisotopic (exact) mass is 327 g/mol. The molecule has 0 radical (unpaired) electrons. The molecule has 0 fully saturated rings. The predicted molar refractivity (Wildman–Crippen MR) is 75.1 cm³/mol. The van der Waals surface area contributed by atoms with E-state index < -0.39 is 10.8 Å². The molecule has 18 heavy (non-hydrogen) atoms. The Morgan fingerprint density at radius 2 is 1.94 bits per heavy atom. The summed E-state index contributed by atoms with van der Waals surface area (Å²) in [4.78, 5) is 0.476. The van der Waals surface area contributed by atoms with Gasteiger partial charge in [-0.1, -0.05) is 18.2 Å². The van der Waals surface area contributed by atoms with Gasteiger partial charge in [0.15, 0.2) is 0 Å². The summed E-state index contributed by atoms with van der Waals surface area (Å²) in [6.45, 7) is 0. The summed E-state index contributed by atoms with van der Waals surface area (Å²) in [5.74, 6) is -0.0813. The van der Waals surface area contributed by atoms with Crippen molar-refractivity contribution in [3.8, 4) is 0 Å². The number of nitrogens with two attached hydrogens (primary N) is 1. The highest BCUT2D eigenvalue weighted by Gasteiger charge is 2.10. The zero-order valence-electron chi connectivity index (χ0n) is 9.40. The second-order valence-electron chi connectivity index (χ2n) is 3.77. The van der Waals surface area contributed by atoms with Crippen molar-refractivity contribution < 1.29 is 8.60 Å². The lowest BCUT2D eigenvalue weighted by atomic mass is 10.2. The second-order valence-corrected chi connectivity index (χ2v) is 6.01. The molecule has 0 aliphatic carbocycles. The SMILES string of the molecule is Nc1cccc(CS(=O)c2cccc(F)c2)c1Br. The number of halogens is 2. The van der Waals surface area contributed by atoms with E-state index >= 15 is 0 Å². The third kappa shape index (κ3) is 2.97. The topological polar surface area (TPSA) is 43.1 Å². The summed E-state index contributed by atoms with van der Waals surface area (Å²) in [6.07, 6.45) is 0. The van der Waals surface area contributed by atoms with Gasteiger partial charge < -0.3 is 5.73 Å². The molecular formula is C13H11BrFNOS. The van der Waals surface area contributed by atoms with E-state index in [1.54, 1.807) is 24.3 Å². The lowest BCUT2D eigenvalue weighted by molar-refractivity contribution is 0.622. The highest BCUT2D eigenvalue weighted by atomic mass is 79.9. The van der Waals surface area contributed by atoms with Crippen LogP contribution in [0.4, 0.5) is 10.1 Å². The fourth-order valence-corrected chi connectivity index (χ4v) is 3.30. The van der Waals surface area contributed by atoms with Gasteiger partial charge in [0.05, 0.1) is 16.6 Å². The van der Waals surface area contributed by atoms with Crippen LogP contribution in [-0.4, -0.2) is 4.21 Å². The van der Waals surface area contributed by atoms with E-state index in [1.807, 2.05) is 6.07 Å². The molecule has 1 atom stereocenters. The summed E-state index contributed by atoms with van der Waals surface area (Å²) >= 11 is 3.36. The van der Waals surface area contributed by atoms with E-state index in [2.05, 4.69) is 15.9 Å². The van der Waals surface area contributed by atoms with Gasteiger partial charge in [-0.05, 0) is 45.8 Å². The third-order valence-corrected chi connectivity index (χ3v) is 4.77. The Morgan fingerprint density at radius 1 is 1.22 bits per heavy atom. The van der Waals surface area contributed by atoms with Crippen molar-refractivity contribution in [1.29, 1.82) is 0 Å². The zero-order chi connectivity index (χ0) is 13.1. The van der Waals surface area contributed by atoms with Gasteiger partial charge in [0.1, 0.15) is 5.82 Å². The molecule has 2 nitrogen and oxygen atoms in total. The summed E-state index contributed by atoms with van der Waals surface area (Å²) in [5, 5.41) is 0. The largest absolute Gasteiger partial charge is 0.398 e. The van der Waals surface area contributed by atoms with E-state index in [0.29, 0.717) is 16.3 Å². The Bertz CT molecular complexity index is 603. The van der Waals surface area contributed by atoms with Crippen LogP contribution in [0.1, 0.15) is 5.56 Å². The quantitative estimate of drug-likeness (QED) is 0.877. The zero-order valence-corrected chi connectivity index (χ0v) is 11.8. The first kappa shape index (κ1) is 13.2. The van der Waals surface area contributed by atoms with E-state index in [0.717, 1.165) is 10.0 Å². The standard InChI is InChI=1S/C13H11BrFNOS/c14-13-9(3-1-6-12(13)16)8-18(17)11-5-2-4-10(15)7-11/h1-7H,8,16H2. The molecule has 2 aromatic rings. The number of benzene rings is 2. The van der Waals surface area contributed by atoms with Gasteiger partial charge in [0, 0.05) is 15.1 Å². The van der Waals surface area contributed by atoms with Crippen LogP contribution in [0.15, 0.2) is 51.8 Å². The average Bonchev–Trinajstić information content (AvgIpc) is 2.35. The van der Waals surface area contributed by atoms with Gasteiger partial charge in [-0.3, -0.25) is 4.21 Å². The van der Waals surface area contributed by atoms with Crippen molar-refractivity contribution >= 4 is 32.4 Å². The van der Waals surface area contributed by atoms with Crippen LogP contribution < -0.4 is 5.73 Å². The molecular weight excluding hydrogens is 317 g/mol. The summed E-state index contributed by atoms with van der Waals surface area (Å²) in [6, 6.07) is 11.2. The maximum Gasteiger partial charge on any atom is 0.124 e. The van der Waals surface area contributed by atoms with Crippen LogP contribution in [0.2, 0.25) is 0 Å². The van der Waals surface area contributed by atoms with Gasteiger partial charge in [0.2, 0.25) is 0 Å². The average molecular weight is 328 g/mol. The fraction of sp³-hybridized carbons (Fsp3) is 0.0769. The third-order valence-electron chi connectivity index (χ3n) is 2.45. The minimum atomic E-state index is -1.29. The molecule has 0 aromatic heterocycles. The Balaban J connectivity index is 2.24. The molecule has 0 saturated heterocycles. The Hall–Kier alpha value is -1.20. The van der Waals surface area contributed by atoms with Crippen molar-refractivity contribution in [2.24, 2.45) is 0 Å². The van der Waals surface area contributed by atoms with Crippen LogP contribution in [-0.2, 0) is 16.6 Å². The minimum Gasteiger partial charge on any atom is -0.398 e. The van der Waals surface area contributed by atoms with E-state index in [-0.39, 0.29) is 5.82 Å². The molecule has 0 saturated carbocycles. The van der Waals surface area contributed by atoms with Crippen molar-refractivity contribution in [1.82, 2.24) is 0 Å². The number of anilines is 1. The van der Waals surface area contributed by atoms with Gasteiger partial charge in [-0.15, -0.1) is 0 Å².